The summed E-state index contributed by atoms with van der Waals surface area (Å²) in [6.07, 6.45) is 1.90. The van der Waals surface area contributed by atoms with Gasteiger partial charge in [0.1, 0.15) is 11.4 Å². The minimum atomic E-state index is -0.115. The highest BCUT2D eigenvalue weighted by molar-refractivity contribution is 6.05. The number of ether oxygens (including phenoxy) is 1. The smallest absolute Gasteiger partial charge is 0.264 e. The Bertz CT molecular complexity index is 523. The van der Waals surface area contributed by atoms with E-state index in [-0.39, 0.29) is 24.3 Å². The number of nitrogens with one attached hydrogen (secondary N) is 1. The van der Waals surface area contributed by atoms with Gasteiger partial charge in [0.2, 0.25) is 5.91 Å². The molecule has 0 saturated heterocycles. The molecule has 0 spiro atoms. The molecular formula is C13H14N2O3. The van der Waals surface area contributed by atoms with E-state index < -0.39 is 0 Å². The molecule has 2 aliphatic rings. The van der Waals surface area contributed by atoms with E-state index in [1.54, 1.807) is 19.2 Å². The number of benzene rings is 1. The molecule has 1 aliphatic carbocycles. The number of likely N-dealkylation sites (N-methyl/N-ethyl adjacent to an activating group) is 1. The number of fused-ring (bicyclic) bond motifs is 1. The fraction of sp³-hybridized carbons (Fsp3) is 0.385. The Hall–Kier alpha value is -2.04. The minimum absolute atomic E-state index is 0.0230. The van der Waals surface area contributed by atoms with Crippen molar-refractivity contribution in [2.75, 3.05) is 23.9 Å². The number of para-hydroxylation sites is 1. The summed E-state index contributed by atoms with van der Waals surface area (Å²) in [5, 5.41) is 2.87. The zero-order valence-corrected chi connectivity index (χ0v) is 10.1. The van der Waals surface area contributed by atoms with Crippen LogP contribution in [0.2, 0.25) is 0 Å². The second kappa shape index (κ2) is 4.01. The van der Waals surface area contributed by atoms with Gasteiger partial charge in [-0.2, -0.15) is 0 Å². The molecule has 3 rings (SSSR count). The van der Waals surface area contributed by atoms with E-state index in [9.17, 15) is 9.59 Å². The molecule has 94 valence electrons. The molecule has 5 heteroatoms. The van der Waals surface area contributed by atoms with Gasteiger partial charge in [0.15, 0.2) is 6.61 Å². The van der Waals surface area contributed by atoms with Crippen LogP contribution in [0.3, 0.4) is 0 Å². The van der Waals surface area contributed by atoms with Gasteiger partial charge >= 0.3 is 0 Å². The van der Waals surface area contributed by atoms with Gasteiger partial charge in [0, 0.05) is 13.0 Å². The number of anilines is 2. The third kappa shape index (κ3) is 1.81. The Morgan fingerprint density at radius 3 is 2.94 bits per heavy atom. The Kier molecular flexibility index (Phi) is 2.47. The van der Waals surface area contributed by atoms with Gasteiger partial charge in [-0.3, -0.25) is 9.59 Å². The van der Waals surface area contributed by atoms with Gasteiger partial charge in [-0.15, -0.1) is 0 Å². The van der Waals surface area contributed by atoms with Gasteiger partial charge in [-0.05, 0) is 25.0 Å². The van der Waals surface area contributed by atoms with Gasteiger partial charge in [-0.1, -0.05) is 6.07 Å². The third-order valence-electron chi connectivity index (χ3n) is 3.27. The monoisotopic (exact) mass is 246 g/mol. The fourth-order valence-electron chi connectivity index (χ4n) is 2.03. The molecule has 0 radical (unpaired) electrons. The molecular weight excluding hydrogens is 232 g/mol. The van der Waals surface area contributed by atoms with Crippen molar-refractivity contribution in [1.82, 2.24) is 0 Å². The maximum absolute atomic E-state index is 11.8. The van der Waals surface area contributed by atoms with Crippen LogP contribution >= 0.6 is 0 Å². The van der Waals surface area contributed by atoms with Crippen molar-refractivity contribution in [3.05, 3.63) is 18.2 Å². The van der Waals surface area contributed by atoms with E-state index in [4.69, 9.17) is 4.74 Å². The van der Waals surface area contributed by atoms with Crippen molar-refractivity contribution in [1.29, 1.82) is 0 Å². The molecule has 1 aromatic rings. The van der Waals surface area contributed by atoms with Crippen LogP contribution in [-0.2, 0) is 9.59 Å². The highest BCUT2D eigenvalue weighted by Crippen LogP contribution is 2.39. The zero-order chi connectivity index (χ0) is 12.7. The highest BCUT2D eigenvalue weighted by atomic mass is 16.5. The van der Waals surface area contributed by atoms with Gasteiger partial charge in [-0.25, -0.2) is 0 Å². The largest absolute Gasteiger partial charge is 0.481 e. The molecule has 2 amide bonds. The third-order valence-corrected chi connectivity index (χ3v) is 3.27. The summed E-state index contributed by atoms with van der Waals surface area (Å²) < 4.78 is 5.36. The Labute approximate surface area is 105 Å². The number of carbonyl (C=O) groups is 2. The first-order chi connectivity index (χ1) is 8.66. The molecule has 18 heavy (non-hydrogen) atoms. The molecule has 1 heterocycles. The topological polar surface area (TPSA) is 58.6 Å². The second-order valence-corrected chi connectivity index (χ2v) is 4.66. The van der Waals surface area contributed by atoms with Gasteiger partial charge < -0.3 is 15.0 Å². The summed E-state index contributed by atoms with van der Waals surface area (Å²) in [5.41, 5.74) is 1.28. The Morgan fingerprint density at radius 1 is 1.44 bits per heavy atom. The Morgan fingerprint density at radius 2 is 2.22 bits per heavy atom. The highest BCUT2D eigenvalue weighted by Gasteiger charge is 2.31. The van der Waals surface area contributed by atoms with Crippen LogP contribution in [0.1, 0.15) is 12.8 Å². The van der Waals surface area contributed by atoms with Crippen LogP contribution in [-0.4, -0.2) is 25.5 Å². The van der Waals surface area contributed by atoms with E-state index in [2.05, 4.69) is 5.32 Å². The lowest BCUT2D eigenvalue weighted by molar-refractivity contribution is -0.121. The van der Waals surface area contributed by atoms with E-state index in [0.717, 1.165) is 12.8 Å². The predicted molar refractivity (Wildman–Crippen MR) is 66.7 cm³/mol. The number of hydrogen-bond donors (Lipinski definition) is 1. The number of carbonyl (C=O) groups excluding carboxylic acids is 2. The summed E-state index contributed by atoms with van der Waals surface area (Å²) in [7, 11) is 1.69. The van der Waals surface area contributed by atoms with Crippen molar-refractivity contribution >= 4 is 23.2 Å². The lowest BCUT2D eigenvalue weighted by Gasteiger charge is -2.28. The van der Waals surface area contributed by atoms with Crippen molar-refractivity contribution in [2.24, 2.45) is 5.92 Å². The fourth-order valence-corrected chi connectivity index (χ4v) is 2.03. The molecule has 1 aromatic carbocycles. The maximum Gasteiger partial charge on any atom is 0.264 e. The molecule has 0 bridgehead atoms. The quantitative estimate of drug-likeness (QED) is 0.857. The Balaban J connectivity index is 1.94. The van der Waals surface area contributed by atoms with Crippen LogP contribution in [0.4, 0.5) is 11.4 Å². The first kappa shape index (κ1) is 11.1. The van der Waals surface area contributed by atoms with Gasteiger partial charge in [0.05, 0.1) is 5.69 Å². The lowest BCUT2D eigenvalue weighted by Crippen LogP contribution is -2.36. The van der Waals surface area contributed by atoms with Crippen LogP contribution in [0, 0.1) is 5.92 Å². The molecule has 1 fully saturated rings. The zero-order valence-electron chi connectivity index (χ0n) is 10.1. The lowest BCUT2D eigenvalue weighted by atomic mass is 10.2. The van der Waals surface area contributed by atoms with Crippen LogP contribution in [0.5, 0.6) is 5.75 Å². The summed E-state index contributed by atoms with van der Waals surface area (Å²) in [6.45, 7) is 0.0452. The number of hydrogen-bond acceptors (Lipinski definition) is 3. The molecule has 1 aliphatic heterocycles. The summed E-state index contributed by atoms with van der Waals surface area (Å²) in [6, 6.07) is 5.40. The average Bonchev–Trinajstić information content (AvgIpc) is 3.18. The number of amides is 2. The number of nitrogens with zero attached hydrogens (tertiary/aromatic N) is 1. The first-order valence-corrected chi connectivity index (χ1v) is 6.00. The molecule has 1 N–H and O–H groups in total. The van der Waals surface area contributed by atoms with Crippen molar-refractivity contribution in [3.8, 4) is 5.75 Å². The molecule has 0 atom stereocenters. The normalized spacial score (nSPS) is 18.1. The SMILES string of the molecule is CN1C(=O)COc2cccc(NC(=O)C3CC3)c21. The van der Waals surface area contributed by atoms with E-state index in [0.29, 0.717) is 17.1 Å². The van der Waals surface area contributed by atoms with E-state index in [1.165, 1.54) is 4.90 Å². The van der Waals surface area contributed by atoms with Crippen molar-refractivity contribution < 1.29 is 14.3 Å². The first-order valence-electron chi connectivity index (χ1n) is 6.00. The number of rotatable bonds is 2. The molecule has 0 unspecified atom stereocenters. The second-order valence-electron chi connectivity index (χ2n) is 4.66. The maximum atomic E-state index is 11.8. The summed E-state index contributed by atoms with van der Waals surface area (Å²) in [5.74, 6) is 0.669. The van der Waals surface area contributed by atoms with E-state index >= 15 is 0 Å². The van der Waals surface area contributed by atoms with Crippen LogP contribution < -0.4 is 15.0 Å². The molecule has 0 aromatic heterocycles. The molecule has 1 saturated carbocycles. The van der Waals surface area contributed by atoms with Crippen LogP contribution in [0.15, 0.2) is 18.2 Å². The predicted octanol–water partition coefficient (Wildman–Crippen LogP) is 1.39. The van der Waals surface area contributed by atoms with Crippen LogP contribution in [0.25, 0.3) is 0 Å². The average molecular weight is 246 g/mol. The van der Waals surface area contributed by atoms with Crippen molar-refractivity contribution in [2.45, 2.75) is 12.8 Å². The van der Waals surface area contributed by atoms with Gasteiger partial charge in [0.25, 0.3) is 5.91 Å². The summed E-state index contributed by atoms with van der Waals surface area (Å²) in [4.78, 5) is 25.0. The summed E-state index contributed by atoms with van der Waals surface area (Å²) >= 11 is 0. The molecule has 5 nitrogen and oxygen atoms in total. The minimum Gasteiger partial charge on any atom is -0.481 e. The standard InChI is InChI=1S/C13H14N2O3/c1-15-11(16)7-18-10-4-2-3-9(12(10)15)14-13(17)8-5-6-8/h2-4,8H,5-7H2,1H3,(H,14,17). The van der Waals surface area contributed by atoms with E-state index in [1.807, 2.05) is 6.07 Å². The van der Waals surface area contributed by atoms with Crippen molar-refractivity contribution in [3.63, 3.8) is 0 Å².